The van der Waals surface area contributed by atoms with Crippen LogP contribution in [0.2, 0.25) is 0 Å². The minimum absolute atomic E-state index is 0.0405. The molecule has 0 aliphatic heterocycles. The molecule has 1 aromatic heterocycles. The highest BCUT2D eigenvalue weighted by Crippen LogP contribution is 2.29. The summed E-state index contributed by atoms with van der Waals surface area (Å²) in [6.07, 6.45) is 1.43. The minimum atomic E-state index is -0.280. The Bertz CT molecular complexity index is 594. The molecule has 1 aromatic carbocycles. The molecule has 19 heavy (non-hydrogen) atoms. The fourth-order valence-electron chi connectivity index (χ4n) is 1.90. The summed E-state index contributed by atoms with van der Waals surface area (Å²) < 4.78 is 5.22. The van der Waals surface area contributed by atoms with E-state index in [9.17, 15) is 4.79 Å². The van der Waals surface area contributed by atoms with Gasteiger partial charge in [0.05, 0.1) is 6.20 Å². The Balaban J connectivity index is 2.27. The molecule has 2 aromatic rings. The fourth-order valence-corrected chi connectivity index (χ4v) is 1.90. The molecule has 1 heterocycles. The summed E-state index contributed by atoms with van der Waals surface area (Å²) in [6, 6.07) is 7.77. The van der Waals surface area contributed by atoms with Crippen molar-refractivity contribution in [3.63, 3.8) is 0 Å². The Kier molecular flexibility index (Phi) is 3.42. The number of oxazole rings is 1. The highest BCUT2D eigenvalue weighted by atomic mass is 16.4. The van der Waals surface area contributed by atoms with Crippen molar-refractivity contribution in [1.82, 2.24) is 4.98 Å². The molecule has 0 unspecified atom stereocenters. The molecule has 1 amide bonds. The van der Waals surface area contributed by atoms with Crippen molar-refractivity contribution in [2.75, 3.05) is 5.32 Å². The zero-order valence-electron chi connectivity index (χ0n) is 11.7. The van der Waals surface area contributed by atoms with Gasteiger partial charge in [-0.15, -0.1) is 0 Å². The second kappa shape index (κ2) is 4.88. The van der Waals surface area contributed by atoms with Crippen molar-refractivity contribution in [3.8, 4) is 0 Å². The third kappa shape index (κ3) is 3.02. The molecule has 0 aliphatic carbocycles. The van der Waals surface area contributed by atoms with Gasteiger partial charge in [-0.1, -0.05) is 39.0 Å². The summed E-state index contributed by atoms with van der Waals surface area (Å²) in [6.45, 7) is 8.03. The zero-order valence-corrected chi connectivity index (χ0v) is 11.7. The SMILES string of the molecule is Cc1ncc(C(=O)Nc2ccccc2C(C)(C)C)o1. The van der Waals surface area contributed by atoms with Crippen LogP contribution in [-0.4, -0.2) is 10.9 Å². The number of para-hydroxylation sites is 1. The van der Waals surface area contributed by atoms with Crippen molar-refractivity contribution < 1.29 is 9.21 Å². The lowest BCUT2D eigenvalue weighted by Crippen LogP contribution is -2.18. The monoisotopic (exact) mass is 258 g/mol. The number of amides is 1. The number of hydrogen-bond donors (Lipinski definition) is 1. The maximum absolute atomic E-state index is 12.1. The molecule has 2 rings (SSSR count). The van der Waals surface area contributed by atoms with E-state index < -0.39 is 0 Å². The van der Waals surface area contributed by atoms with Gasteiger partial charge in [-0.3, -0.25) is 4.79 Å². The van der Waals surface area contributed by atoms with E-state index in [1.807, 2.05) is 24.3 Å². The molecule has 0 saturated heterocycles. The Morgan fingerprint density at radius 1 is 1.26 bits per heavy atom. The van der Waals surface area contributed by atoms with Crippen LogP contribution in [0.25, 0.3) is 0 Å². The first-order valence-electron chi connectivity index (χ1n) is 6.21. The third-order valence-corrected chi connectivity index (χ3v) is 2.83. The first kappa shape index (κ1) is 13.3. The predicted molar refractivity (Wildman–Crippen MR) is 74.3 cm³/mol. The van der Waals surface area contributed by atoms with Crippen molar-refractivity contribution in [3.05, 3.63) is 47.7 Å². The van der Waals surface area contributed by atoms with Gasteiger partial charge in [-0.25, -0.2) is 4.98 Å². The van der Waals surface area contributed by atoms with Crippen molar-refractivity contribution >= 4 is 11.6 Å². The number of aromatic nitrogens is 1. The molecule has 1 N–H and O–H groups in total. The van der Waals surface area contributed by atoms with E-state index in [1.165, 1.54) is 6.20 Å². The fraction of sp³-hybridized carbons (Fsp3) is 0.333. The summed E-state index contributed by atoms with van der Waals surface area (Å²) in [5.74, 6) is 0.424. The van der Waals surface area contributed by atoms with Crippen LogP contribution in [0.1, 0.15) is 42.8 Å². The summed E-state index contributed by atoms with van der Waals surface area (Å²) in [5.41, 5.74) is 1.84. The number of anilines is 1. The number of benzene rings is 1. The predicted octanol–water partition coefficient (Wildman–Crippen LogP) is 3.53. The minimum Gasteiger partial charge on any atom is -0.436 e. The first-order valence-corrected chi connectivity index (χ1v) is 6.21. The maximum atomic E-state index is 12.1. The van der Waals surface area contributed by atoms with Gasteiger partial charge in [0.25, 0.3) is 5.91 Å². The average molecular weight is 258 g/mol. The van der Waals surface area contributed by atoms with Crippen LogP contribution in [-0.2, 0) is 5.41 Å². The molecular formula is C15H18N2O2. The molecular weight excluding hydrogens is 240 g/mol. The van der Waals surface area contributed by atoms with Gasteiger partial charge in [0.1, 0.15) is 0 Å². The highest BCUT2D eigenvalue weighted by Gasteiger charge is 2.19. The molecule has 0 fully saturated rings. The van der Waals surface area contributed by atoms with E-state index >= 15 is 0 Å². The van der Waals surface area contributed by atoms with Crippen LogP contribution < -0.4 is 5.32 Å². The molecule has 0 bridgehead atoms. The molecule has 0 saturated carbocycles. The number of rotatable bonds is 2. The lowest BCUT2D eigenvalue weighted by Gasteiger charge is -2.22. The molecule has 0 atom stereocenters. The van der Waals surface area contributed by atoms with Gasteiger partial charge in [-0.05, 0) is 17.0 Å². The second-order valence-electron chi connectivity index (χ2n) is 5.49. The highest BCUT2D eigenvalue weighted by molar-refractivity contribution is 6.02. The quantitative estimate of drug-likeness (QED) is 0.896. The van der Waals surface area contributed by atoms with E-state index in [-0.39, 0.29) is 17.1 Å². The summed E-state index contributed by atoms with van der Waals surface area (Å²) in [7, 11) is 0. The van der Waals surface area contributed by atoms with Gasteiger partial charge < -0.3 is 9.73 Å². The van der Waals surface area contributed by atoms with Crippen LogP contribution in [0.4, 0.5) is 5.69 Å². The molecule has 100 valence electrons. The topological polar surface area (TPSA) is 55.1 Å². The maximum Gasteiger partial charge on any atom is 0.293 e. The lowest BCUT2D eigenvalue weighted by atomic mass is 9.86. The second-order valence-corrected chi connectivity index (χ2v) is 5.49. The van der Waals surface area contributed by atoms with Crippen molar-refractivity contribution in [2.45, 2.75) is 33.1 Å². The summed E-state index contributed by atoms with van der Waals surface area (Å²) >= 11 is 0. The van der Waals surface area contributed by atoms with Gasteiger partial charge >= 0.3 is 0 Å². The van der Waals surface area contributed by atoms with Gasteiger partial charge in [0.15, 0.2) is 5.89 Å². The molecule has 4 heteroatoms. The zero-order chi connectivity index (χ0) is 14.0. The van der Waals surface area contributed by atoms with E-state index in [0.717, 1.165) is 11.3 Å². The van der Waals surface area contributed by atoms with Crippen LogP contribution >= 0.6 is 0 Å². The Morgan fingerprint density at radius 2 is 1.95 bits per heavy atom. The number of nitrogens with one attached hydrogen (secondary N) is 1. The Morgan fingerprint density at radius 3 is 2.53 bits per heavy atom. The Hall–Kier alpha value is -2.10. The number of carbonyl (C=O) groups is 1. The van der Waals surface area contributed by atoms with Crippen LogP contribution in [0.5, 0.6) is 0 Å². The van der Waals surface area contributed by atoms with Crippen LogP contribution in [0.3, 0.4) is 0 Å². The number of nitrogens with zero attached hydrogens (tertiary/aromatic N) is 1. The third-order valence-electron chi connectivity index (χ3n) is 2.83. The Labute approximate surface area is 112 Å². The lowest BCUT2D eigenvalue weighted by molar-refractivity contribution is 0.0995. The first-order chi connectivity index (χ1) is 8.88. The molecule has 0 radical (unpaired) electrons. The van der Waals surface area contributed by atoms with Gasteiger partial charge in [-0.2, -0.15) is 0 Å². The van der Waals surface area contributed by atoms with E-state index in [0.29, 0.717) is 5.89 Å². The van der Waals surface area contributed by atoms with Crippen molar-refractivity contribution in [2.24, 2.45) is 0 Å². The van der Waals surface area contributed by atoms with Gasteiger partial charge in [0, 0.05) is 12.6 Å². The van der Waals surface area contributed by atoms with Crippen LogP contribution in [0.15, 0.2) is 34.9 Å². The standard InChI is InChI=1S/C15H18N2O2/c1-10-16-9-13(19-10)14(18)17-12-8-6-5-7-11(12)15(2,3)4/h5-9H,1-4H3,(H,17,18). The largest absolute Gasteiger partial charge is 0.436 e. The van der Waals surface area contributed by atoms with Crippen molar-refractivity contribution in [1.29, 1.82) is 0 Å². The molecule has 4 nitrogen and oxygen atoms in total. The van der Waals surface area contributed by atoms with E-state index in [4.69, 9.17) is 4.42 Å². The van der Waals surface area contributed by atoms with Gasteiger partial charge in [0.2, 0.25) is 5.76 Å². The van der Waals surface area contributed by atoms with Crippen LogP contribution in [0, 0.1) is 6.92 Å². The molecule has 0 spiro atoms. The number of aryl methyl sites for hydroxylation is 1. The molecule has 0 aliphatic rings. The number of carbonyl (C=O) groups excluding carboxylic acids is 1. The number of hydrogen-bond acceptors (Lipinski definition) is 3. The van der Waals surface area contributed by atoms with E-state index in [2.05, 4.69) is 31.1 Å². The smallest absolute Gasteiger partial charge is 0.293 e. The average Bonchev–Trinajstić information content (AvgIpc) is 2.75. The summed E-state index contributed by atoms with van der Waals surface area (Å²) in [5, 5.41) is 2.87. The van der Waals surface area contributed by atoms with E-state index in [1.54, 1.807) is 6.92 Å². The normalized spacial score (nSPS) is 11.4. The summed E-state index contributed by atoms with van der Waals surface area (Å²) in [4.78, 5) is 16.0.